The molecule has 2 aromatic carbocycles. The number of aliphatic imine (C=N–C) groups is 1. The summed E-state index contributed by atoms with van der Waals surface area (Å²) in [6.07, 6.45) is -0.430. The van der Waals surface area contributed by atoms with Crippen LogP contribution < -0.4 is 5.76 Å². The van der Waals surface area contributed by atoms with Crippen LogP contribution >= 0.6 is 0 Å². The smallest absolute Gasteiger partial charge is 0.296 e. The minimum atomic E-state index is -0.898. The van der Waals surface area contributed by atoms with E-state index in [1.165, 1.54) is 0 Å². The molecule has 0 aliphatic heterocycles. The molecule has 30 heavy (non-hydrogen) atoms. The molecule has 1 aromatic heterocycles. The molecule has 3 aromatic rings. The van der Waals surface area contributed by atoms with Crippen LogP contribution in [-0.2, 0) is 6.54 Å². The van der Waals surface area contributed by atoms with Gasteiger partial charge in [-0.2, -0.15) is 0 Å². The van der Waals surface area contributed by atoms with E-state index >= 15 is 0 Å². The highest BCUT2D eigenvalue weighted by atomic mass is 19.2. The zero-order valence-electron chi connectivity index (χ0n) is 16.9. The quantitative estimate of drug-likeness (QED) is 0.490. The first-order valence-corrected chi connectivity index (χ1v) is 9.70. The van der Waals surface area contributed by atoms with Gasteiger partial charge in [0, 0.05) is 30.5 Å². The summed E-state index contributed by atoms with van der Waals surface area (Å²) < 4.78 is 34.4. The maximum atomic E-state index is 14.4. The van der Waals surface area contributed by atoms with Crippen LogP contribution in [0.4, 0.5) is 8.78 Å². The van der Waals surface area contributed by atoms with E-state index in [-0.39, 0.29) is 19.4 Å². The van der Waals surface area contributed by atoms with Gasteiger partial charge in [-0.15, -0.1) is 0 Å². The molecule has 0 aliphatic carbocycles. The Morgan fingerprint density at radius 2 is 1.60 bits per heavy atom. The fraction of sp³-hybridized carbons (Fsp3) is 0.261. The Bertz CT molecular complexity index is 1040. The zero-order valence-corrected chi connectivity index (χ0v) is 16.9. The third-order valence-corrected chi connectivity index (χ3v) is 4.63. The van der Waals surface area contributed by atoms with E-state index in [0.717, 1.165) is 21.4 Å². The molecule has 1 heterocycles. The van der Waals surface area contributed by atoms with Gasteiger partial charge in [-0.1, -0.05) is 65.8 Å². The molecule has 0 aliphatic rings. The fourth-order valence-electron chi connectivity index (χ4n) is 3.08. The standard InChI is InChI=1S/C23H23F2N3O2/c1-16(15-21(25)20(24)13-14-28-17(2)27-30-23(28)29)26-22(18-9-5-3-6-10-18)19-11-7-4-8-12-19/h3-12,16H,13-15H2,1-2H3/b21-20-. The molecular formula is C23H23F2N3O2. The molecule has 156 valence electrons. The SMILES string of the molecule is Cc1noc(=O)n1CC/C(F)=C(/F)CC(C)N=C(c1ccccc1)c1ccccc1. The highest BCUT2D eigenvalue weighted by Crippen LogP contribution is 2.21. The summed E-state index contributed by atoms with van der Waals surface area (Å²) in [5.41, 5.74) is 2.54. The monoisotopic (exact) mass is 411 g/mol. The Morgan fingerprint density at radius 1 is 1.03 bits per heavy atom. The zero-order chi connectivity index (χ0) is 21.5. The van der Waals surface area contributed by atoms with Crippen molar-refractivity contribution in [2.75, 3.05) is 0 Å². The Kier molecular flexibility index (Phi) is 7.06. The number of aromatic nitrogens is 2. The summed E-state index contributed by atoms with van der Waals surface area (Å²) in [7, 11) is 0. The van der Waals surface area contributed by atoms with Gasteiger partial charge in [0.2, 0.25) is 0 Å². The Morgan fingerprint density at radius 3 is 2.10 bits per heavy atom. The average Bonchev–Trinajstić information content (AvgIpc) is 3.08. The minimum Gasteiger partial charge on any atom is -0.296 e. The van der Waals surface area contributed by atoms with Crippen molar-refractivity contribution in [1.29, 1.82) is 0 Å². The van der Waals surface area contributed by atoms with Crippen molar-refractivity contribution in [2.24, 2.45) is 4.99 Å². The van der Waals surface area contributed by atoms with Crippen LogP contribution in [-0.4, -0.2) is 21.5 Å². The van der Waals surface area contributed by atoms with Gasteiger partial charge in [-0.05, 0) is 13.8 Å². The lowest BCUT2D eigenvalue weighted by atomic mass is 10.0. The molecule has 0 saturated carbocycles. The first kappa shape index (κ1) is 21.4. The van der Waals surface area contributed by atoms with Gasteiger partial charge >= 0.3 is 5.76 Å². The minimum absolute atomic E-state index is 0.0374. The van der Waals surface area contributed by atoms with Crippen LogP contribution in [0.2, 0.25) is 0 Å². The van der Waals surface area contributed by atoms with Gasteiger partial charge in [0.05, 0.1) is 11.8 Å². The van der Waals surface area contributed by atoms with Crippen LogP contribution in [0.25, 0.3) is 0 Å². The maximum Gasteiger partial charge on any atom is 0.441 e. The van der Waals surface area contributed by atoms with Gasteiger partial charge in [0.1, 0.15) is 11.7 Å². The average molecular weight is 411 g/mol. The van der Waals surface area contributed by atoms with Crippen LogP contribution in [0.5, 0.6) is 0 Å². The lowest BCUT2D eigenvalue weighted by Crippen LogP contribution is -2.16. The molecule has 0 radical (unpaired) electrons. The lowest BCUT2D eigenvalue weighted by molar-refractivity contribution is 0.371. The van der Waals surface area contributed by atoms with Gasteiger partial charge in [0.25, 0.3) is 0 Å². The summed E-state index contributed by atoms with van der Waals surface area (Å²) in [5, 5.41) is 3.50. The molecule has 0 spiro atoms. The molecule has 7 heteroatoms. The molecule has 0 bridgehead atoms. The number of hydrogen-bond donors (Lipinski definition) is 0. The first-order valence-electron chi connectivity index (χ1n) is 9.70. The summed E-state index contributed by atoms with van der Waals surface area (Å²) in [5.74, 6) is -2.13. The Labute approximate surface area is 173 Å². The van der Waals surface area contributed by atoms with Crippen molar-refractivity contribution in [3.63, 3.8) is 0 Å². The number of hydrogen-bond acceptors (Lipinski definition) is 4. The predicted molar refractivity (Wildman–Crippen MR) is 112 cm³/mol. The predicted octanol–water partition coefficient (Wildman–Crippen LogP) is 5.00. The van der Waals surface area contributed by atoms with Crippen molar-refractivity contribution in [1.82, 2.24) is 9.72 Å². The van der Waals surface area contributed by atoms with Crippen molar-refractivity contribution < 1.29 is 13.3 Å². The second kappa shape index (κ2) is 9.91. The first-order chi connectivity index (χ1) is 14.5. The van der Waals surface area contributed by atoms with E-state index < -0.39 is 23.5 Å². The molecule has 3 rings (SSSR count). The number of allylic oxidation sites excluding steroid dienone is 1. The summed E-state index contributed by atoms with van der Waals surface area (Å²) in [4.78, 5) is 16.1. The second-order valence-corrected chi connectivity index (χ2v) is 6.97. The number of aryl methyl sites for hydroxylation is 1. The summed E-state index contributed by atoms with van der Waals surface area (Å²) in [6.45, 7) is 3.27. The third-order valence-electron chi connectivity index (χ3n) is 4.63. The fourth-order valence-corrected chi connectivity index (χ4v) is 3.08. The maximum absolute atomic E-state index is 14.4. The van der Waals surface area contributed by atoms with Crippen LogP contribution in [0.1, 0.15) is 36.7 Å². The molecule has 0 saturated heterocycles. The van der Waals surface area contributed by atoms with Crippen molar-refractivity contribution >= 4 is 5.71 Å². The number of rotatable bonds is 8. The second-order valence-electron chi connectivity index (χ2n) is 6.97. The number of benzene rings is 2. The molecular weight excluding hydrogens is 388 g/mol. The van der Waals surface area contributed by atoms with E-state index in [9.17, 15) is 13.6 Å². The van der Waals surface area contributed by atoms with Gasteiger partial charge < -0.3 is 0 Å². The van der Waals surface area contributed by atoms with Crippen LogP contribution in [0, 0.1) is 6.92 Å². The van der Waals surface area contributed by atoms with E-state index in [1.807, 2.05) is 60.7 Å². The van der Waals surface area contributed by atoms with Crippen molar-refractivity contribution in [2.45, 2.75) is 39.3 Å². The van der Waals surface area contributed by atoms with Gasteiger partial charge in [-0.3, -0.25) is 14.1 Å². The molecule has 0 fully saturated rings. The number of nitrogens with zero attached hydrogens (tertiary/aromatic N) is 3. The van der Waals surface area contributed by atoms with Crippen LogP contribution in [0.15, 0.2) is 86.6 Å². The van der Waals surface area contributed by atoms with E-state index in [0.29, 0.717) is 5.82 Å². The topological polar surface area (TPSA) is 60.4 Å². The number of halogens is 2. The van der Waals surface area contributed by atoms with E-state index in [1.54, 1.807) is 13.8 Å². The Balaban J connectivity index is 1.76. The highest BCUT2D eigenvalue weighted by Gasteiger charge is 2.15. The lowest BCUT2D eigenvalue weighted by Gasteiger charge is -2.12. The molecule has 0 N–H and O–H groups in total. The van der Waals surface area contributed by atoms with Gasteiger partial charge in [-0.25, -0.2) is 13.6 Å². The molecule has 1 atom stereocenters. The summed E-state index contributed by atoms with van der Waals surface area (Å²) in [6, 6.07) is 18.7. The highest BCUT2D eigenvalue weighted by molar-refractivity contribution is 6.12. The van der Waals surface area contributed by atoms with Gasteiger partial charge in [0.15, 0.2) is 5.82 Å². The molecule has 5 nitrogen and oxygen atoms in total. The van der Waals surface area contributed by atoms with Crippen LogP contribution in [0.3, 0.4) is 0 Å². The van der Waals surface area contributed by atoms with E-state index in [4.69, 9.17) is 0 Å². The largest absolute Gasteiger partial charge is 0.441 e. The molecule has 0 amide bonds. The summed E-state index contributed by atoms with van der Waals surface area (Å²) >= 11 is 0. The van der Waals surface area contributed by atoms with Crippen molar-refractivity contribution in [3.8, 4) is 0 Å². The third kappa shape index (κ3) is 5.37. The normalized spacial score (nSPS) is 12.9. The Hall–Kier alpha value is -3.35. The van der Waals surface area contributed by atoms with Crippen molar-refractivity contribution in [3.05, 3.63) is 99.8 Å². The molecule has 1 unspecified atom stereocenters. The van der Waals surface area contributed by atoms with E-state index in [2.05, 4.69) is 14.7 Å².